The molecule has 0 heterocycles. The minimum atomic E-state index is -3.60. The third-order valence-electron chi connectivity index (χ3n) is 2.24. The maximum Gasteiger partial charge on any atom is 0.303 e. The zero-order valence-electron chi connectivity index (χ0n) is 9.92. The van der Waals surface area contributed by atoms with E-state index in [0.29, 0.717) is 12.8 Å². The van der Waals surface area contributed by atoms with Gasteiger partial charge < -0.3 is 4.74 Å². The third-order valence-corrected chi connectivity index (χ3v) is 4.19. The Kier molecular flexibility index (Phi) is 4.69. The molecular formula is C12H16O4S. The lowest BCUT2D eigenvalue weighted by atomic mass is 10.3. The van der Waals surface area contributed by atoms with Gasteiger partial charge in [0.15, 0.2) is 0 Å². The molecule has 4 nitrogen and oxygen atoms in total. The molecule has 1 aromatic rings. The lowest BCUT2D eigenvalue weighted by Gasteiger charge is -2.16. The molecule has 0 aliphatic heterocycles. The van der Waals surface area contributed by atoms with Crippen molar-refractivity contribution >= 4 is 15.8 Å². The number of carbonyl (C=O) groups is 1. The molecule has 1 atom stereocenters. The van der Waals surface area contributed by atoms with E-state index in [1.807, 2.05) is 6.92 Å². The van der Waals surface area contributed by atoms with Gasteiger partial charge in [0.05, 0.1) is 4.90 Å². The van der Waals surface area contributed by atoms with E-state index in [2.05, 4.69) is 0 Å². The van der Waals surface area contributed by atoms with Crippen molar-refractivity contribution in [3.63, 3.8) is 0 Å². The van der Waals surface area contributed by atoms with Crippen molar-refractivity contribution in [2.45, 2.75) is 37.0 Å². The van der Waals surface area contributed by atoms with Crippen LogP contribution < -0.4 is 0 Å². The standard InChI is InChI=1S/C12H16O4S/c1-3-7-12(16-10(2)13)17(14,15)11-8-5-4-6-9-11/h4-6,8-9,12H,3,7H2,1-2H3. The largest absolute Gasteiger partial charge is 0.446 e. The molecule has 0 amide bonds. The number of hydrogen-bond donors (Lipinski definition) is 0. The number of esters is 1. The van der Waals surface area contributed by atoms with Crippen LogP contribution in [-0.2, 0) is 19.4 Å². The molecule has 94 valence electrons. The molecule has 1 rings (SSSR count). The fourth-order valence-corrected chi connectivity index (χ4v) is 3.11. The second kappa shape index (κ2) is 5.82. The summed E-state index contributed by atoms with van der Waals surface area (Å²) in [7, 11) is -3.60. The SMILES string of the molecule is CCCC(OC(C)=O)S(=O)(=O)c1ccccc1. The Bertz CT molecular complexity index is 465. The zero-order valence-corrected chi connectivity index (χ0v) is 10.7. The summed E-state index contributed by atoms with van der Waals surface area (Å²) in [5.74, 6) is -0.581. The van der Waals surface area contributed by atoms with Crippen LogP contribution in [0.1, 0.15) is 26.7 Å². The van der Waals surface area contributed by atoms with Gasteiger partial charge in [0.1, 0.15) is 0 Å². The fourth-order valence-electron chi connectivity index (χ4n) is 1.46. The summed E-state index contributed by atoms with van der Waals surface area (Å²) in [6.45, 7) is 3.06. The van der Waals surface area contributed by atoms with E-state index < -0.39 is 21.2 Å². The summed E-state index contributed by atoms with van der Waals surface area (Å²) >= 11 is 0. The Labute approximate surface area is 102 Å². The highest BCUT2D eigenvalue weighted by atomic mass is 32.2. The number of ether oxygens (including phenoxy) is 1. The van der Waals surface area contributed by atoms with Crippen LogP contribution in [-0.4, -0.2) is 19.8 Å². The molecular weight excluding hydrogens is 240 g/mol. The van der Waals surface area contributed by atoms with Gasteiger partial charge in [-0.05, 0) is 18.6 Å². The highest BCUT2D eigenvalue weighted by Gasteiger charge is 2.29. The summed E-state index contributed by atoms with van der Waals surface area (Å²) < 4.78 is 29.2. The van der Waals surface area contributed by atoms with Gasteiger partial charge in [-0.1, -0.05) is 31.5 Å². The van der Waals surface area contributed by atoms with Crippen LogP contribution in [0.25, 0.3) is 0 Å². The molecule has 0 bridgehead atoms. The van der Waals surface area contributed by atoms with E-state index in [9.17, 15) is 13.2 Å². The van der Waals surface area contributed by atoms with Crippen LogP contribution in [0.5, 0.6) is 0 Å². The predicted molar refractivity (Wildman–Crippen MR) is 64.1 cm³/mol. The molecule has 0 aliphatic carbocycles. The first-order valence-corrected chi connectivity index (χ1v) is 6.99. The third kappa shape index (κ3) is 3.56. The van der Waals surface area contributed by atoms with E-state index in [4.69, 9.17) is 4.74 Å². The molecule has 5 heteroatoms. The molecule has 1 aromatic carbocycles. The Morgan fingerprint density at radius 3 is 2.35 bits per heavy atom. The summed E-state index contributed by atoms with van der Waals surface area (Å²) in [6, 6.07) is 8.02. The second-order valence-corrected chi connectivity index (χ2v) is 5.77. The van der Waals surface area contributed by atoms with Crippen molar-refractivity contribution in [2.24, 2.45) is 0 Å². The topological polar surface area (TPSA) is 60.4 Å². The van der Waals surface area contributed by atoms with Crippen molar-refractivity contribution in [3.8, 4) is 0 Å². The van der Waals surface area contributed by atoms with Crippen molar-refractivity contribution < 1.29 is 17.9 Å². The van der Waals surface area contributed by atoms with Crippen LogP contribution in [0, 0.1) is 0 Å². The van der Waals surface area contributed by atoms with E-state index in [-0.39, 0.29) is 4.90 Å². The van der Waals surface area contributed by atoms with E-state index in [0.717, 1.165) is 0 Å². The van der Waals surface area contributed by atoms with Crippen LogP contribution in [0.4, 0.5) is 0 Å². The van der Waals surface area contributed by atoms with Gasteiger partial charge in [-0.15, -0.1) is 0 Å². The number of benzene rings is 1. The van der Waals surface area contributed by atoms with Gasteiger partial charge in [-0.2, -0.15) is 0 Å². The van der Waals surface area contributed by atoms with Gasteiger partial charge in [0.2, 0.25) is 15.3 Å². The molecule has 0 saturated heterocycles. The number of rotatable bonds is 5. The van der Waals surface area contributed by atoms with Crippen LogP contribution in [0.2, 0.25) is 0 Å². The first-order valence-electron chi connectivity index (χ1n) is 5.44. The summed E-state index contributed by atoms with van der Waals surface area (Å²) in [5.41, 5.74) is -1.09. The summed E-state index contributed by atoms with van der Waals surface area (Å²) in [4.78, 5) is 11.1. The molecule has 0 N–H and O–H groups in total. The molecule has 0 fully saturated rings. The molecule has 0 aliphatic rings. The smallest absolute Gasteiger partial charge is 0.303 e. The van der Waals surface area contributed by atoms with Crippen molar-refractivity contribution in [3.05, 3.63) is 30.3 Å². The number of hydrogen-bond acceptors (Lipinski definition) is 4. The highest BCUT2D eigenvalue weighted by Crippen LogP contribution is 2.20. The lowest BCUT2D eigenvalue weighted by Crippen LogP contribution is -2.26. The van der Waals surface area contributed by atoms with Crippen LogP contribution >= 0.6 is 0 Å². The van der Waals surface area contributed by atoms with Crippen molar-refractivity contribution in [1.29, 1.82) is 0 Å². The van der Waals surface area contributed by atoms with Crippen LogP contribution in [0.3, 0.4) is 0 Å². The Morgan fingerprint density at radius 1 is 1.29 bits per heavy atom. The zero-order chi connectivity index (χ0) is 12.9. The lowest BCUT2D eigenvalue weighted by molar-refractivity contribution is -0.142. The van der Waals surface area contributed by atoms with Gasteiger partial charge in [0.25, 0.3) is 0 Å². The Morgan fingerprint density at radius 2 is 1.88 bits per heavy atom. The van der Waals surface area contributed by atoms with E-state index in [1.54, 1.807) is 18.2 Å². The molecule has 0 saturated carbocycles. The van der Waals surface area contributed by atoms with Crippen LogP contribution in [0.15, 0.2) is 35.2 Å². The minimum Gasteiger partial charge on any atom is -0.446 e. The quantitative estimate of drug-likeness (QED) is 0.757. The molecule has 0 radical (unpaired) electrons. The first kappa shape index (κ1) is 13.7. The number of carbonyl (C=O) groups excluding carboxylic acids is 1. The highest BCUT2D eigenvalue weighted by molar-refractivity contribution is 7.92. The number of sulfone groups is 1. The normalized spacial score (nSPS) is 13.1. The average molecular weight is 256 g/mol. The van der Waals surface area contributed by atoms with E-state index >= 15 is 0 Å². The van der Waals surface area contributed by atoms with Gasteiger partial charge >= 0.3 is 5.97 Å². The second-order valence-electron chi connectivity index (χ2n) is 3.69. The van der Waals surface area contributed by atoms with Gasteiger partial charge in [-0.25, -0.2) is 8.42 Å². The Balaban J connectivity index is 3.04. The molecule has 17 heavy (non-hydrogen) atoms. The minimum absolute atomic E-state index is 0.180. The first-order chi connectivity index (χ1) is 7.98. The maximum absolute atomic E-state index is 12.2. The predicted octanol–water partition coefficient (Wildman–Crippen LogP) is 2.15. The molecule has 0 aromatic heterocycles. The molecule has 0 spiro atoms. The van der Waals surface area contributed by atoms with E-state index in [1.165, 1.54) is 19.1 Å². The fraction of sp³-hybridized carbons (Fsp3) is 0.417. The van der Waals surface area contributed by atoms with Crippen molar-refractivity contribution in [1.82, 2.24) is 0 Å². The average Bonchev–Trinajstić information content (AvgIpc) is 2.29. The maximum atomic E-state index is 12.2. The molecule has 1 unspecified atom stereocenters. The van der Waals surface area contributed by atoms with Gasteiger partial charge in [0, 0.05) is 6.92 Å². The van der Waals surface area contributed by atoms with Crippen molar-refractivity contribution in [2.75, 3.05) is 0 Å². The monoisotopic (exact) mass is 256 g/mol. The summed E-state index contributed by atoms with van der Waals surface area (Å²) in [6.07, 6.45) is 0.931. The summed E-state index contributed by atoms with van der Waals surface area (Å²) in [5, 5.41) is 0. The van der Waals surface area contributed by atoms with Gasteiger partial charge in [-0.3, -0.25) is 4.79 Å². The Hall–Kier alpha value is -1.36.